The first-order valence-corrected chi connectivity index (χ1v) is 7.72. The van der Waals surface area contributed by atoms with E-state index in [9.17, 15) is 12.8 Å². The van der Waals surface area contributed by atoms with Crippen molar-refractivity contribution < 1.29 is 17.9 Å². The van der Waals surface area contributed by atoms with E-state index in [2.05, 4.69) is 14.9 Å². The number of hydrogen-bond acceptors (Lipinski definition) is 5. The lowest BCUT2D eigenvalue weighted by atomic mass is 10.2. The lowest BCUT2D eigenvalue weighted by Gasteiger charge is -2.08. The molecule has 0 saturated carbocycles. The zero-order valence-corrected chi connectivity index (χ0v) is 12.1. The van der Waals surface area contributed by atoms with Crippen molar-refractivity contribution >= 4 is 10.0 Å². The van der Waals surface area contributed by atoms with Crippen LogP contribution in [0.25, 0.3) is 0 Å². The molecule has 1 aromatic heterocycles. The standard InChI is InChI=1S/C12H15FN4O3S/c1-2-17-8-14-16-12(17)6-15-21(19,20)11-4-3-9(7-18)5-10(11)13/h3-5,8,15,18H,2,6-7H2,1H3. The molecule has 0 bridgehead atoms. The van der Waals surface area contributed by atoms with Gasteiger partial charge in [0.2, 0.25) is 10.0 Å². The summed E-state index contributed by atoms with van der Waals surface area (Å²) in [7, 11) is -4.00. The molecule has 1 heterocycles. The maximum atomic E-state index is 13.8. The molecule has 0 spiro atoms. The summed E-state index contributed by atoms with van der Waals surface area (Å²) >= 11 is 0. The third-order valence-corrected chi connectivity index (χ3v) is 4.36. The quantitative estimate of drug-likeness (QED) is 0.805. The second kappa shape index (κ2) is 6.29. The van der Waals surface area contributed by atoms with Crippen LogP contribution in [0, 0.1) is 5.82 Å². The van der Waals surface area contributed by atoms with Crippen molar-refractivity contribution in [2.45, 2.75) is 31.5 Å². The van der Waals surface area contributed by atoms with Crippen molar-refractivity contribution in [3.63, 3.8) is 0 Å². The van der Waals surface area contributed by atoms with Gasteiger partial charge in [-0.1, -0.05) is 6.07 Å². The molecule has 0 radical (unpaired) electrons. The highest BCUT2D eigenvalue weighted by atomic mass is 32.2. The van der Waals surface area contributed by atoms with Gasteiger partial charge in [-0.3, -0.25) is 0 Å². The topological polar surface area (TPSA) is 97.1 Å². The molecule has 0 fully saturated rings. The minimum Gasteiger partial charge on any atom is -0.392 e. The summed E-state index contributed by atoms with van der Waals surface area (Å²) in [6, 6.07) is 3.46. The molecule has 0 atom stereocenters. The molecule has 21 heavy (non-hydrogen) atoms. The second-order valence-corrected chi connectivity index (χ2v) is 6.02. The lowest BCUT2D eigenvalue weighted by molar-refractivity contribution is 0.281. The van der Waals surface area contributed by atoms with Gasteiger partial charge < -0.3 is 9.67 Å². The summed E-state index contributed by atoms with van der Waals surface area (Å²) in [5.41, 5.74) is 0.303. The molecule has 2 N–H and O–H groups in total. The number of aryl methyl sites for hydroxylation is 1. The summed E-state index contributed by atoms with van der Waals surface area (Å²) in [6.45, 7) is 2.03. The first kappa shape index (κ1) is 15.5. The SMILES string of the molecule is CCn1cnnc1CNS(=O)(=O)c1ccc(CO)cc1F. The molecule has 2 rings (SSSR count). The van der Waals surface area contributed by atoms with Crippen molar-refractivity contribution in [3.8, 4) is 0 Å². The van der Waals surface area contributed by atoms with Crippen molar-refractivity contribution in [1.29, 1.82) is 0 Å². The molecule has 114 valence electrons. The number of halogens is 1. The number of sulfonamides is 1. The van der Waals surface area contributed by atoms with E-state index in [-0.39, 0.29) is 13.2 Å². The van der Waals surface area contributed by atoms with Gasteiger partial charge in [-0.25, -0.2) is 17.5 Å². The summed E-state index contributed by atoms with van der Waals surface area (Å²) < 4.78 is 41.9. The summed E-state index contributed by atoms with van der Waals surface area (Å²) in [4.78, 5) is -0.470. The minimum absolute atomic E-state index is 0.0859. The molecular weight excluding hydrogens is 299 g/mol. The third-order valence-electron chi connectivity index (χ3n) is 2.93. The summed E-state index contributed by atoms with van der Waals surface area (Å²) in [5, 5.41) is 16.4. The van der Waals surface area contributed by atoms with Crippen LogP contribution >= 0.6 is 0 Å². The number of rotatable bonds is 6. The number of aromatic nitrogens is 3. The maximum absolute atomic E-state index is 13.8. The van der Waals surface area contributed by atoms with Gasteiger partial charge in [-0.05, 0) is 24.6 Å². The number of nitrogens with one attached hydrogen (secondary N) is 1. The van der Waals surface area contributed by atoms with Crippen LogP contribution in [0.4, 0.5) is 4.39 Å². The van der Waals surface area contributed by atoms with Crippen molar-refractivity contribution in [1.82, 2.24) is 19.5 Å². The first-order valence-electron chi connectivity index (χ1n) is 6.23. The average Bonchev–Trinajstić information content (AvgIpc) is 2.92. The molecular formula is C12H15FN4O3S. The second-order valence-electron chi connectivity index (χ2n) is 4.28. The van der Waals surface area contributed by atoms with E-state index < -0.39 is 20.7 Å². The number of hydrogen-bond donors (Lipinski definition) is 2. The van der Waals surface area contributed by atoms with Crippen LogP contribution in [0.3, 0.4) is 0 Å². The molecule has 0 aliphatic heterocycles. The Hall–Kier alpha value is -1.84. The smallest absolute Gasteiger partial charge is 0.243 e. The zero-order chi connectivity index (χ0) is 15.5. The van der Waals surface area contributed by atoms with Crippen LogP contribution in [-0.4, -0.2) is 28.3 Å². The monoisotopic (exact) mass is 314 g/mol. The first-order chi connectivity index (χ1) is 9.97. The molecule has 0 saturated heterocycles. The maximum Gasteiger partial charge on any atom is 0.243 e. The average molecular weight is 314 g/mol. The zero-order valence-electron chi connectivity index (χ0n) is 11.3. The Morgan fingerprint density at radius 3 is 2.81 bits per heavy atom. The number of nitrogens with zero attached hydrogens (tertiary/aromatic N) is 3. The molecule has 9 heteroatoms. The minimum atomic E-state index is -4.00. The van der Waals surface area contributed by atoms with Gasteiger partial charge in [0, 0.05) is 6.54 Å². The van der Waals surface area contributed by atoms with E-state index in [1.807, 2.05) is 6.92 Å². The Morgan fingerprint density at radius 2 is 2.19 bits per heavy atom. The van der Waals surface area contributed by atoms with Crippen LogP contribution in [0.5, 0.6) is 0 Å². The molecule has 0 amide bonds. The Morgan fingerprint density at radius 1 is 1.43 bits per heavy atom. The van der Waals surface area contributed by atoms with Crippen LogP contribution < -0.4 is 4.72 Å². The van der Waals surface area contributed by atoms with Gasteiger partial charge in [0.25, 0.3) is 0 Å². The van der Waals surface area contributed by atoms with Gasteiger partial charge in [0.05, 0.1) is 13.2 Å². The highest BCUT2D eigenvalue weighted by Gasteiger charge is 2.20. The van der Waals surface area contributed by atoms with E-state index in [0.717, 1.165) is 12.1 Å². The van der Waals surface area contributed by atoms with Gasteiger partial charge in [0.1, 0.15) is 22.9 Å². The largest absolute Gasteiger partial charge is 0.392 e. The molecule has 1 aromatic carbocycles. The van der Waals surface area contributed by atoms with E-state index in [1.54, 1.807) is 4.57 Å². The van der Waals surface area contributed by atoms with Crippen LogP contribution in [0.1, 0.15) is 18.3 Å². The highest BCUT2D eigenvalue weighted by molar-refractivity contribution is 7.89. The number of benzene rings is 1. The van der Waals surface area contributed by atoms with E-state index in [0.29, 0.717) is 17.9 Å². The number of aliphatic hydroxyl groups is 1. The van der Waals surface area contributed by atoms with Gasteiger partial charge in [-0.15, -0.1) is 10.2 Å². The predicted molar refractivity (Wildman–Crippen MR) is 72.0 cm³/mol. The molecule has 0 aliphatic rings. The lowest BCUT2D eigenvalue weighted by Crippen LogP contribution is -2.26. The normalized spacial score (nSPS) is 11.8. The fourth-order valence-electron chi connectivity index (χ4n) is 1.78. The Kier molecular flexibility index (Phi) is 4.66. The summed E-state index contributed by atoms with van der Waals surface area (Å²) in [5.74, 6) is -0.473. The van der Waals surface area contributed by atoms with E-state index in [1.165, 1.54) is 12.4 Å². The molecule has 0 unspecified atom stereocenters. The molecule has 0 aliphatic carbocycles. The molecule has 2 aromatic rings. The Balaban J connectivity index is 2.19. The number of aliphatic hydroxyl groups excluding tert-OH is 1. The van der Waals surface area contributed by atoms with Gasteiger partial charge >= 0.3 is 0 Å². The van der Waals surface area contributed by atoms with Crippen molar-refractivity contribution in [3.05, 3.63) is 41.7 Å². The third kappa shape index (κ3) is 3.43. The van der Waals surface area contributed by atoms with Crippen LogP contribution in [0.15, 0.2) is 29.4 Å². The fraction of sp³-hybridized carbons (Fsp3) is 0.333. The predicted octanol–water partition coefficient (Wildman–Crippen LogP) is 0.408. The van der Waals surface area contributed by atoms with Gasteiger partial charge in [0.15, 0.2) is 0 Å². The Bertz CT molecular complexity index is 730. The van der Waals surface area contributed by atoms with Gasteiger partial charge in [-0.2, -0.15) is 0 Å². The fourth-order valence-corrected chi connectivity index (χ4v) is 2.82. The van der Waals surface area contributed by atoms with Crippen molar-refractivity contribution in [2.75, 3.05) is 0 Å². The van der Waals surface area contributed by atoms with Crippen LogP contribution in [0.2, 0.25) is 0 Å². The highest BCUT2D eigenvalue weighted by Crippen LogP contribution is 2.16. The molecule has 7 nitrogen and oxygen atoms in total. The van der Waals surface area contributed by atoms with Crippen molar-refractivity contribution in [2.24, 2.45) is 0 Å². The van der Waals surface area contributed by atoms with E-state index in [4.69, 9.17) is 5.11 Å². The summed E-state index contributed by atoms with van der Waals surface area (Å²) in [6.07, 6.45) is 1.49. The van der Waals surface area contributed by atoms with Crippen LogP contribution in [-0.2, 0) is 29.7 Å². The van der Waals surface area contributed by atoms with E-state index >= 15 is 0 Å². The Labute approximate surface area is 121 Å².